The van der Waals surface area contributed by atoms with Crippen molar-refractivity contribution in [1.82, 2.24) is 10.5 Å². The van der Waals surface area contributed by atoms with Gasteiger partial charge in [0.15, 0.2) is 0 Å². The van der Waals surface area contributed by atoms with Crippen LogP contribution in [0.25, 0.3) is 0 Å². The normalized spacial score (nSPS) is 29.4. The third kappa shape index (κ3) is 6.64. The Labute approximate surface area is 130 Å². The molecule has 2 aliphatic rings. The lowest BCUT2D eigenvalue weighted by Gasteiger charge is -2.20. The first kappa shape index (κ1) is 16.5. The monoisotopic (exact) mass is 291 g/mol. The molecule has 1 heterocycles. The molecule has 0 atom stereocenters. The van der Waals surface area contributed by atoms with Crippen LogP contribution in [-0.4, -0.2) is 24.3 Å². The molecule has 0 saturated carbocycles. The van der Waals surface area contributed by atoms with Crippen LogP contribution < -0.4 is 5.53 Å². The first-order valence-corrected chi connectivity index (χ1v) is 9.09. The van der Waals surface area contributed by atoms with E-state index in [2.05, 4.69) is 23.7 Å². The maximum absolute atomic E-state index is 4.74. The highest BCUT2D eigenvalue weighted by Crippen LogP contribution is 2.20. The van der Waals surface area contributed by atoms with Crippen LogP contribution in [0.2, 0.25) is 0 Å². The lowest BCUT2D eigenvalue weighted by Crippen LogP contribution is -2.32. The Kier molecular flexibility index (Phi) is 7.87. The van der Waals surface area contributed by atoms with Crippen molar-refractivity contribution in [3.8, 4) is 0 Å². The average Bonchev–Trinajstić information content (AvgIpc) is 2.51. The fraction of sp³-hybridized carbons (Fsp3) is 0.833. The fourth-order valence-electron chi connectivity index (χ4n) is 3.29. The minimum Gasteiger partial charge on any atom is -0.240 e. The highest BCUT2D eigenvalue weighted by atomic mass is 15.6. The molecule has 21 heavy (non-hydrogen) atoms. The second-order valence-electron chi connectivity index (χ2n) is 6.63. The first-order chi connectivity index (χ1) is 10.4. The van der Waals surface area contributed by atoms with Crippen molar-refractivity contribution in [3.05, 3.63) is 11.6 Å². The van der Waals surface area contributed by atoms with Crippen LogP contribution in [0.1, 0.15) is 83.5 Å². The Morgan fingerprint density at radius 3 is 2.38 bits per heavy atom. The summed E-state index contributed by atoms with van der Waals surface area (Å²) in [5, 5.41) is 6.87. The van der Waals surface area contributed by atoms with Crippen molar-refractivity contribution < 1.29 is 0 Å². The molecule has 3 nitrogen and oxygen atoms in total. The molecule has 0 radical (unpaired) electrons. The van der Waals surface area contributed by atoms with Gasteiger partial charge in [-0.15, -0.1) is 0 Å². The van der Waals surface area contributed by atoms with E-state index >= 15 is 0 Å². The van der Waals surface area contributed by atoms with Gasteiger partial charge in [0.2, 0.25) is 0 Å². The molecule has 1 aliphatic carbocycles. The number of hydrazone groups is 1. The van der Waals surface area contributed by atoms with Gasteiger partial charge in [-0.05, 0) is 50.5 Å². The van der Waals surface area contributed by atoms with Crippen LogP contribution in [0.4, 0.5) is 0 Å². The molecule has 0 aromatic carbocycles. The topological polar surface area (TPSA) is 27.6 Å². The van der Waals surface area contributed by atoms with E-state index in [-0.39, 0.29) is 0 Å². The first-order valence-electron chi connectivity index (χ1n) is 9.09. The number of hydrogen-bond acceptors (Lipinski definition) is 3. The van der Waals surface area contributed by atoms with E-state index in [0.29, 0.717) is 0 Å². The Balaban J connectivity index is 2.02. The van der Waals surface area contributed by atoms with Gasteiger partial charge in [0, 0.05) is 13.6 Å². The molecule has 0 aromatic rings. The van der Waals surface area contributed by atoms with Crippen LogP contribution in [0, 0.1) is 0 Å². The quantitative estimate of drug-likeness (QED) is 0.751. The molecule has 0 unspecified atom stereocenters. The maximum Gasteiger partial charge on any atom is 0.0647 e. The van der Waals surface area contributed by atoms with E-state index in [1.54, 1.807) is 0 Å². The summed E-state index contributed by atoms with van der Waals surface area (Å²) in [7, 11) is 2.10. The van der Waals surface area contributed by atoms with Crippen LogP contribution in [-0.2, 0) is 0 Å². The van der Waals surface area contributed by atoms with E-state index in [1.807, 2.05) is 0 Å². The summed E-state index contributed by atoms with van der Waals surface area (Å²) >= 11 is 0. The van der Waals surface area contributed by atoms with Gasteiger partial charge in [-0.3, -0.25) is 0 Å². The van der Waals surface area contributed by atoms with E-state index in [4.69, 9.17) is 5.10 Å². The molecule has 0 spiro atoms. The van der Waals surface area contributed by atoms with Crippen molar-refractivity contribution >= 4 is 5.71 Å². The minimum atomic E-state index is 1.09. The zero-order valence-electron chi connectivity index (χ0n) is 13.9. The zero-order valence-corrected chi connectivity index (χ0v) is 13.9. The molecule has 1 N–H and O–H groups in total. The Morgan fingerprint density at radius 2 is 1.52 bits per heavy atom. The Morgan fingerprint density at radius 1 is 0.857 bits per heavy atom. The summed E-state index contributed by atoms with van der Waals surface area (Å²) in [6, 6.07) is 0. The van der Waals surface area contributed by atoms with Gasteiger partial charge in [0.05, 0.1) is 5.71 Å². The summed E-state index contributed by atoms with van der Waals surface area (Å²) in [5.41, 5.74) is 6.09. The maximum atomic E-state index is 4.74. The number of allylic oxidation sites excluding steroid dienone is 2. The molecule has 3 heteroatoms. The molecule has 0 fully saturated rings. The predicted octanol–water partition coefficient (Wildman–Crippen LogP) is 4.80. The molecular formula is C18H33N3. The molecule has 1 aliphatic heterocycles. The molecule has 0 bridgehead atoms. The average molecular weight is 291 g/mol. The van der Waals surface area contributed by atoms with Crippen molar-refractivity contribution in [1.29, 1.82) is 0 Å². The number of nitrogens with one attached hydrogen (secondary N) is 1. The van der Waals surface area contributed by atoms with Gasteiger partial charge in [-0.25, -0.2) is 10.5 Å². The van der Waals surface area contributed by atoms with Crippen molar-refractivity contribution in [2.45, 2.75) is 83.5 Å². The van der Waals surface area contributed by atoms with E-state index < -0.39 is 0 Å². The number of hydrogen-bond donors (Lipinski definition) is 1. The standard InChI is InChI=1S/C18H33N3/c1-21-16-12-8-7-11-15-18(19-20-21)17-13-9-5-3-2-4-6-10-14-17/h13,20H,2-12,14-16H2,1H3/b17-13+,19-18+. The molecule has 0 aromatic heterocycles. The molecule has 0 amide bonds. The van der Waals surface area contributed by atoms with Crippen LogP contribution >= 0.6 is 0 Å². The second-order valence-corrected chi connectivity index (χ2v) is 6.63. The van der Waals surface area contributed by atoms with E-state index in [9.17, 15) is 0 Å². The third-order valence-electron chi connectivity index (χ3n) is 4.67. The number of nitrogens with zero attached hydrogens (tertiary/aromatic N) is 2. The minimum absolute atomic E-state index is 1.09. The fourth-order valence-corrected chi connectivity index (χ4v) is 3.29. The summed E-state index contributed by atoms with van der Waals surface area (Å²) in [5.74, 6) is 0. The SMILES string of the molecule is CN1CCCCCCC(/C2=C/CCCCCCCC2)=N\N1. The second kappa shape index (κ2) is 9.99. The van der Waals surface area contributed by atoms with Crippen LogP contribution in [0.3, 0.4) is 0 Å². The van der Waals surface area contributed by atoms with Gasteiger partial charge in [0.25, 0.3) is 0 Å². The summed E-state index contributed by atoms with van der Waals surface area (Å²) in [6.07, 6.45) is 19.7. The number of rotatable bonds is 1. The molecule has 0 saturated heterocycles. The van der Waals surface area contributed by atoms with E-state index in [1.165, 1.54) is 88.3 Å². The number of hydrazine groups is 1. The third-order valence-corrected chi connectivity index (χ3v) is 4.67. The van der Waals surface area contributed by atoms with Gasteiger partial charge in [-0.2, -0.15) is 5.10 Å². The van der Waals surface area contributed by atoms with Crippen LogP contribution in [0.15, 0.2) is 16.8 Å². The van der Waals surface area contributed by atoms with E-state index in [0.717, 1.165) is 13.0 Å². The van der Waals surface area contributed by atoms with Crippen LogP contribution in [0.5, 0.6) is 0 Å². The van der Waals surface area contributed by atoms with Gasteiger partial charge < -0.3 is 0 Å². The van der Waals surface area contributed by atoms with Crippen molar-refractivity contribution in [2.24, 2.45) is 5.10 Å². The summed E-state index contributed by atoms with van der Waals surface area (Å²) < 4.78 is 0. The van der Waals surface area contributed by atoms with Gasteiger partial charge in [-0.1, -0.05) is 44.6 Å². The van der Waals surface area contributed by atoms with Crippen molar-refractivity contribution in [3.63, 3.8) is 0 Å². The zero-order chi connectivity index (χ0) is 14.8. The lowest BCUT2D eigenvalue weighted by molar-refractivity contribution is 0.233. The molecule has 120 valence electrons. The smallest absolute Gasteiger partial charge is 0.0647 e. The van der Waals surface area contributed by atoms with Crippen molar-refractivity contribution in [2.75, 3.05) is 13.6 Å². The van der Waals surface area contributed by atoms with Gasteiger partial charge >= 0.3 is 0 Å². The summed E-state index contributed by atoms with van der Waals surface area (Å²) in [4.78, 5) is 0. The Hall–Kier alpha value is -0.830. The lowest BCUT2D eigenvalue weighted by atomic mass is 9.95. The Bertz CT molecular complexity index is 346. The van der Waals surface area contributed by atoms with Gasteiger partial charge in [0.1, 0.15) is 0 Å². The molecular weight excluding hydrogens is 258 g/mol. The molecule has 2 rings (SSSR count). The highest BCUT2D eigenvalue weighted by molar-refractivity contribution is 5.99. The summed E-state index contributed by atoms with van der Waals surface area (Å²) in [6.45, 7) is 1.09. The highest BCUT2D eigenvalue weighted by Gasteiger charge is 2.10. The predicted molar refractivity (Wildman–Crippen MR) is 91.3 cm³/mol. The largest absolute Gasteiger partial charge is 0.240 e.